The number of Topliss-reactive ketones (excluding diaryl/α,β-unsaturated/α-hetero) is 1. The van der Waals surface area contributed by atoms with Crippen molar-refractivity contribution in [1.29, 1.82) is 5.26 Å². The summed E-state index contributed by atoms with van der Waals surface area (Å²) in [5.74, 6) is 0.390. The van der Waals surface area contributed by atoms with Crippen LogP contribution in [-0.2, 0) is 9.59 Å². The molecule has 1 aromatic carbocycles. The second-order valence-corrected chi connectivity index (χ2v) is 13.4. The van der Waals surface area contributed by atoms with E-state index < -0.39 is 5.92 Å². The molecule has 1 aromatic heterocycles. The number of carbonyl (C=O) groups is 2. The van der Waals surface area contributed by atoms with Crippen molar-refractivity contribution in [3.05, 3.63) is 52.5 Å². The maximum Gasteiger partial charge on any atom is 0.230 e. The van der Waals surface area contributed by atoms with Gasteiger partial charge in [0.25, 0.3) is 0 Å². The Balaban J connectivity index is 1.47. The largest absolute Gasteiger partial charge is 0.496 e. The molecular formula is C29H34N6O3S2. The summed E-state index contributed by atoms with van der Waals surface area (Å²) in [6, 6.07) is 9.95. The number of nitrogens with zero attached hydrogens (tertiary/aromatic N) is 4. The first-order chi connectivity index (χ1) is 19.2. The minimum atomic E-state index is -0.638. The zero-order valence-electron chi connectivity index (χ0n) is 23.0. The third kappa shape index (κ3) is 5.60. The topological polar surface area (TPSA) is 134 Å². The first-order valence-corrected chi connectivity index (χ1v) is 15.4. The van der Waals surface area contributed by atoms with E-state index in [0.29, 0.717) is 33.6 Å². The number of nitriles is 1. The van der Waals surface area contributed by atoms with Crippen LogP contribution in [-0.4, -0.2) is 40.8 Å². The molecule has 5 rings (SSSR count). The first-order valence-electron chi connectivity index (χ1n) is 13.6. The first kappa shape index (κ1) is 28.2. The van der Waals surface area contributed by atoms with Crippen LogP contribution in [0.25, 0.3) is 0 Å². The molecule has 0 radical (unpaired) electrons. The molecule has 2 aliphatic carbocycles. The number of aromatic nitrogens is 2. The van der Waals surface area contributed by atoms with Crippen molar-refractivity contribution in [2.75, 3.05) is 17.8 Å². The van der Waals surface area contributed by atoms with Crippen molar-refractivity contribution in [3.8, 4) is 11.8 Å². The number of nitrogens with two attached hydrogens (primary N) is 1. The fraction of sp³-hybridized carbons (Fsp3) is 0.483. The van der Waals surface area contributed by atoms with Gasteiger partial charge in [-0.1, -0.05) is 74.4 Å². The van der Waals surface area contributed by atoms with Crippen LogP contribution >= 0.6 is 23.1 Å². The molecule has 9 nitrogen and oxygen atoms in total. The quantitative estimate of drug-likeness (QED) is 0.434. The van der Waals surface area contributed by atoms with E-state index in [4.69, 9.17) is 10.5 Å². The Labute approximate surface area is 242 Å². The fourth-order valence-corrected chi connectivity index (χ4v) is 7.63. The monoisotopic (exact) mass is 578 g/mol. The number of para-hydroxylation sites is 1. The lowest BCUT2D eigenvalue weighted by atomic mass is 9.68. The molecule has 3 N–H and O–H groups in total. The number of anilines is 1. The van der Waals surface area contributed by atoms with Gasteiger partial charge >= 0.3 is 0 Å². The van der Waals surface area contributed by atoms with Gasteiger partial charge in [-0.05, 0) is 30.7 Å². The molecule has 1 aliphatic heterocycles. The van der Waals surface area contributed by atoms with Crippen LogP contribution < -0.4 is 20.7 Å². The van der Waals surface area contributed by atoms with Crippen molar-refractivity contribution in [2.45, 2.75) is 75.1 Å². The Bertz CT molecular complexity index is 1420. The molecule has 210 valence electrons. The Morgan fingerprint density at radius 2 is 2.00 bits per heavy atom. The van der Waals surface area contributed by atoms with Crippen molar-refractivity contribution in [3.63, 3.8) is 0 Å². The highest BCUT2D eigenvalue weighted by Crippen LogP contribution is 2.52. The summed E-state index contributed by atoms with van der Waals surface area (Å²) in [5, 5.41) is 22.6. The SMILES string of the molecule is COc1ccccc1C1C(C#N)=C(N)N(c2nnc(SCC(=O)NC3CCCCC3)s2)C2=C1C(=O)CC(C)(C)C2. The van der Waals surface area contributed by atoms with Crippen molar-refractivity contribution < 1.29 is 14.3 Å². The Morgan fingerprint density at radius 3 is 2.73 bits per heavy atom. The van der Waals surface area contributed by atoms with E-state index in [9.17, 15) is 14.9 Å². The fourth-order valence-electron chi connectivity index (χ4n) is 5.94. The number of thioether (sulfide) groups is 1. The second-order valence-electron chi connectivity index (χ2n) is 11.3. The highest BCUT2D eigenvalue weighted by atomic mass is 32.2. The van der Waals surface area contributed by atoms with E-state index in [0.717, 1.165) is 36.9 Å². The van der Waals surface area contributed by atoms with Crippen molar-refractivity contribution in [2.24, 2.45) is 11.1 Å². The lowest BCUT2D eigenvalue weighted by Crippen LogP contribution is -2.42. The summed E-state index contributed by atoms with van der Waals surface area (Å²) < 4.78 is 6.24. The second kappa shape index (κ2) is 11.6. The zero-order valence-corrected chi connectivity index (χ0v) is 24.7. The summed E-state index contributed by atoms with van der Waals surface area (Å²) in [7, 11) is 1.57. The molecule has 0 bridgehead atoms. The Morgan fingerprint density at radius 1 is 1.25 bits per heavy atom. The van der Waals surface area contributed by atoms with Crippen molar-refractivity contribution >= 4 is 39.9 Å². The van der Waals surface area contributed by atoms with Gasteiger partial charge in [0.05, 0.1) is 30.4 Å². The van der Waals surface area contributed by atoms with E-state index in [-0.39, 0.29) is 40.3 Å². The van der Waals surface area contributed by atoms with E-state index in [1.54, 1.807) is 12.0 Å². The van der Waals surface area contributed by atoms with Crippen LogP contribution in [0.1, 0.15) is 70.3 Å². The van der Waals surface area contributed by atoms with Crippen molar-refractivity contribution in [1.82, 2.24) is 15.5 Å². The van der Waals surface area contributed by atoms with Crippen LogP contribution in [0.4, 0.5) is 5.13 Å². The molecular weight excluding hydrogens is 544 g/mol. The maximum atomic E-state index is 13.7. The number of benzene rings is 1. The Hall–Kier alpha value is -3.36. The molecule has 11 heteroatoms. The minimum Gasteiger partial charge on any atom is -0.496 e. The van der Waals surface area contributed by atoms with Gasteiger partial charge in [0.15, 0.2) is 10.1 Å². The number of nitrogens with one attached hydrogen (secondary N) is 1. The lowest BCUT2D eigenvalue weighted by Gasteiger charge is -2.42. The van der Waals surface area contributed by atoms with Crippen LogP contribution in [0.2, 0.25) is 0 Å². The van der Waals surface area contributed by atoms with Crippen LogP contribution in [0.3, 0.4) is 0 Å². The van der Waals surface area contributed by atoms with Crippen LogP contribution in [0, 0.1) is 16.7 Å². The van der Waals surface area contributed by atoms with Gasteiger partial charge in [-0.2, -0.15) is 5.26 Å². The number of ether oxygens (including phenoxy) is 1. The molecule has 2 heterocycles. The average molecular weight is 579 g/mol. The van der Waals surface area contributed by atoms with Gasteiger partial charge in [0.1, 0.15) is 11.6 Å². The number of hydrogen-bond donors (Lipinski definition) is 2. The molecule has 1 fully saturated rings. The molecule has 40 heavy (non-hydrogen) atoms. The third-order valence-electron chi connectivity index (χ3n) is 7.72. The maximum absolute atomic E-state index is 13.7. The van der Waals surface area contributed by atoms with E-state index in [1.807, 2.05) is 24.3 Å². The highest BCUT2D eigenvalue weighted by molar-refractivity contribution is 8.01. The molecule has 1 saturated carbocycles. The molecule has 1 atom stereocenters. The van der Waals surface area contributed by atoms with Gasteiger partial charge in [-0.3, -0.25) is 14.5 Å². The number of ketones is 1. The zero-order chi connectivity index (χ0) is 28.4. The molecule has 1 amide bonds. The molecule has 0 spiro atoms. The predicted octanol–water partition coefficient (Wildman–Crippen LogP) is 5.03. The average Bonchev–Trinajstić information content (AvgIpc) is 3.39. The normalized spacial score (nSPS) is 21.2. The number of amides is 1. The molecule has 1 unspecified atom stereocenters. The smallest absolute Gasteiger partial charge is 0.230 e. The number of hydrogen-bond acceptors (Lipinski definition) is 10. The third-order valence-corrected chi connectivity index (χ3v) is 9.76. The Kier molecular flexibility index (Phi) is 8.19. The summed E-state index contributed by atoms with van der Waals surface area (Å²) in [6.07, 6.45) is 6.54. The van der Waals surface area contributed by atoms with Gasteiger partial charge in [-0.25, -0.2) is 0 Å². The summed E-state index contributed by atoms with van der Waals surface area (Å²) >= 11 is 2.63. The number of carbonyl (C=O) groups excluding carboxylic acids is 2. The van der Waals surface area contributed by atoms with E-state index in [2.05, 4.69) is 35.4 Å². The summed E-state index contributed by atoms with van der Waals surface area (Å²) in [6.45, 7) is 4.11. The van der Waals surface area contributed by atoms with E-state index in [1.165, 1.54) is 29.5 Å². The van der Waals surface area contributed by atoms with Crippen LogP contribution in [0.15, 0.2) is 51.3 Å². The lowest BCUT2D eigenvalue weighted by molar-refractivity contribution is -0.119. The number of allylic oxidation sites excluding steroid dienone is 3. The van der Waals surface area contributed by atoms with E-state index >= 15 is 0 Å². The summed E-state index contributed by atoms with van der Waals surface area (Å²) in [5.41, 5.74) is 8.70. The molecule has 0 saturated heterocycles. The number of methoxy groups -OCH3 is 1. The number of rotatable bonds is 7. The summed E-state index contributed by atoms with van der Waals surface area (Å²) in [4.78, 5) is 28.0. The highest BCUT2D eigenvalue weighted by Gasteiger charge is 2.46. The van der Waals surface area contributed by atoms with Crippen LogP contribution in [0.5, 0.6) is 5.75 Å². The van der Waals surface area contributed by atoms with Gasteiger partial charge in [0.2, 0.25) is 11.0 Å². The molecule has 3 aliphatic rings. The van der Waals surface area contributed by atoms with Gasteiger partial charge in [0, 0.05) is 29.3 Å². The van der Waals surface area contributed by atoms with Gasteiger partial charge in [-0.15, -0.1) is 10.2 Å². The minimum absolute atomic E-state index is 0.0120. The predicted molar refractivity (Wildman–Crippen MR) is 156 cm³/mol. The molecule has 2 aromatic rings. The standard InChI is InChI=1S/C29H34N6O3S2/c1-29(2)13-20-25(21(36)14-29)24(18-11-7-8-12-22(18)38-3)19(15-30)26(31)35(20)27-33-34-28(40-27)39-16-23(37)32-17-9-5-4-6-10-17/h7-8,11-12,17,24H,4-6,9-10,13-14,16,31H2,1-3H3,(H,32,37). The van der Waals surface area contributed by atoms with Gasteiger partial charge < -0.3 is 15.8 Å².